The van der Waals surface area contributed by atoms with Crippen LogP contribution in [0.2, 0.25) is 0 Å². The molecule has 0 radical (unpaired) electrons. The van der Waals surface area contributed by atoms with Gasteiger partial charge < -0.3 is 9.47 Å². The molecule has 1 aromatic heterocycles. The lowest BCUT2D eigenvalue weighted by molar-refractivity contribution is -0.169. The Bertz CT molecular complexity index is 581. The normalized spacial score (nSPS) is 18.6. The molecule has 2 aromatic rings. The molecule has 2 heterocycles. The molecular weight excluding hydrogens is 264 g/mol. The van der Waals surface area contributed by atoms with Crippen molar-refractivity contribution in [3.05, 3.63) is 47.9 Å². The maximum absolute atomic E-state index is 5.88. The van der Waals surface area contributed by atoms with E-state index in [4.69, 9.17) is 9.47 Å². The summed E-state index contributed by atoms with van der Waals surface area (Å²) in [5.74, 6) is 0. The minimum Gasteiger partial charge on any atom is -0.353 e. The smallest absolute Gasteiger partial charge is 0.158 e. The van der Waals surface area contributed by atoms with E-state index in [1.807, 2.05) is 6.07 Å². The minimum atomic E-state index is -0.0571. The molecule has 4 heteroatoms. The predicted octanol–water partition coefficient (Wildman–Crippen LogP) is 3.50. The van der Waals surface area contributed by atoms with Crippen molar-refractivity contribution in [3.8, 4) is 11.3 Å². The molecule has 3 rings (SSSR count). The Kier molecular flexibility index (Phi) is 4.58. The van der Waals surface area contributed by atoms with Gasteiger partial charge in [0.2, 0.25) is 0 Å². The van der Waals surface area contributed by atoms with Crippen LogP contribution in [0.4, 0.5) is 0 Å². The number of aromatic nitrogens is 2. The average Bonchev–Trinajstić information content (AvgIpc) is 2.56. The molecule has 0 amide bonds. The summed E-state index contributed by atoms with van der Waals surface area (Å²) in [6.45, 7) is 3.48. The third-order valence-electron chi connectivity index (χ3n) is 3.85. The van der Waals surface area contributed by atoms with Crippen molar-refractivity contribution >= 4 is 0 Å². The maximum atomic E-state index is 5.88. The summed E-state index contributed by atoms with van der Waals surface area (Å²) in [5, 5.41) is 0. The largest absolute Gasteiger partial charge is 0.353 e. The molecule has 1 aliphatic rings. The first kappa shape index (κ1) is 14.2. The van der Waals surface area contributed by atoms with E-state index in [2.05, 4.69) is 29.0 Å². The van der Waals surface area contributed by atoms with E-state index in [0.29, 0.717) is 6.61 Å². The van der Waals surface area contributed by atoms with Gasteiger partial charge in [-0.2, -0.15) is 0 Å². The van der Waals surface area contributed by atoms with Crippen molar-refractivity contribution in [1.29, 1.82) is 0 Å². The maximum Gasteiger partial charge on any atom is 0.158 e. The van der Waals surface area contributed by atoms with Crippen LogP contribution in [-0.4, -0.2) is 22.9 Å². The zero-order valence-electron chi connectivity index (χ0n) is 12.3. The van der Waals surface area contributed by atoms with E-state index in [0.717, 1.165) is 30.7 Å². The van der Waals surface area contributed by atoms with Crippen LogP contribution in [0.25, 0.3) is 11.3 Å². The first-order chi connectivity index (χ1) is 10.3. The Balaban J connectivity index is 1.74. The monoisotopic (exact) mass is 284 g/mol. The summed E-state index contributed by atoms with van der Waals surface area (Å²) in [6.07, 6.45) is 8.45. The molecule has 1 unspecified atom stereocenters. The minimum absolute atomic E-state index is 0.0571. The Labute approximate surface area is 125 Å². The van der Waals surface area contributed by atoms with Gasteiger partial charge in [0, 0.05) is 24.6 Å². The second-order valence-electron chi connectivity index (χ2n) is 5.29. The molecule has 1 saturated heterocycles. The Morgan fingerprint density at radius 2 is 2.24 bits per heavy atom. The fourth-order valence-electron chi connectivity index (χ4n) is 2.58. The molecule has 0 spiro atoms. The molecule has 0 aliphatic carbocycles. The van der Waals surface area contributed by atoms with Crippen LogP contribution in [0.3, 0.4) is 0 Å². The zero-order chi connectivity index (χ0) is 14.5. The summed E-state index contributed by atoms with van der Waals surface area (Å²) in [5.41, 5.74) is 4.36. The van der Waals surface area contributed by atoms with Crippen LogP contribution in [0, 0.1) is 6.92 Å². The Morgan fingerprint density at radius 1 is 1.29 bits per heavy atom. The number of nitrogens with zero attached hydrogens (tertiary/aromatic N) is 2. The lowest BCUT2D eigenvalue weighted by Crippen LogP contribution is -2.22. The van der Waals surface area contributed by atoms with Gasteiger partial charge in [-0.1, -0.05) is 18.2 Å². The first-order valence-electron chi connectivity index (χ1n) is 7.42. The lowest BCUT2D eigenvalue weighted by atomic mass is 10.0. The number of ether oxygens (including phenoxy) is 2. The molecule has 1 aliphatic heterocycles. The van der Waals surface area contributed by atoms with Crippen molar-refractivity contribution in [2.75, 3.05) is 6.61 Å². The summed E-state index contributed by atoms with van der Waals surface area (Å²) in [7, 11) is 0. The highest BCUT2D eigenvalue weighted by Gasteiger charge is 2.15. The van der Waals surface area contributed by atoms with Gasteiger partial charge in [0.25, 0.3) is 0 Å². The highest BCUT2D eigenvalue weighted by molar-refractivity contribution is 5.64. The quantitative estimate of drug-likeness (QED) is 0.862. The average molecular weight is 284 g/mol. The van der Waals surface area contributed by atoms with Crippen molar-refractivity contribution in [2.45, 2.75) is 39.1 Å². The predicted molar refractivity (Wildman–Crippen MR) is 80.6 cm³/mol. The van der Waals surface area contributed by atoms with E-state index in [1.54, 1.807) is 18.6 Å². The summed E-state index contributed by atoms with van der Waals surface area (Å²) < 4.78 is 11.5. The molecule has 1 atom stereocenters. The standard InChI is InChI=1S/C17H20N2O2/c1-13-14(12-21-17-7-2-3-10-20-17)5-4-6-15(13)16-11-18-8-9-19-16/h4-6,8-9,11,17H,2-3,7,10,12H2,1H3. The highest BCUT2D eigenvalue weighted by atomic mass is 16.7. The molecule has 0 bridgehead atoms. The first-order valence-corrected chi connectivity index (χ1v) is 7.42. The fraction of sp³-hybridized carbons (Fsp3) is 0.412. The van der Waals surface area contributed by atoms with Crippen LogP contribution in [0.1, 0.15) is 30.4 Å². The molecule has 0 saturated carbocycles. The van der Waals surface area contributed by atoms with Gasteiger partial charge in [-0.3, -0.25) is 9.97 Å². The van der Waals surface area contributed by atoms with Crippen molar-refractivity contribution in [3.63, 3.8) is 0 Å². The van der Waals surface area contributed by atoms with E-state index in [-0.39, 0.29) is 6.29 Å². The van der Waals surface area contributed by atoms with Gasteiger partial charge in [-0.15, -0.1) is 0 Å². The van der Waals surface area contributed by atoms with E-state index < -0.39 is 0 Å². The van der Waals surface area contributed by atoms with Gasteiger partial charge in [-0.05, 0) is 37.3 Å². The van der Waals surface area contributed by atoms with Crippen molar-refractivity contribution in [2.24, 2.45) is 0 Å². The lowest BCUT2D eigenvalue weighted by Gasteiger charge is -2.23. The molecule has 0 N–H and O–H groups in total. The van der Waals surface area contributed by atoms with Gasteiger partial charge in [0.15, 0.2) is 6.29 Å². The summed E-state index contributed by atoms with van der Waals surface area (Å²) in [6, 6.07) is 6.20. The van der Waals surface area contributed by atoms with E-state index >= 15 is 0 Å². The third kappa shape index (κ3) is 3.46. The SMILES string of the molecule is Cc1c(COC2CCCCO2)cccc1-c1cnccn1. The van der Waals surface area contributed by atoms with Gasteiger partial charge in [-0.25, -0.2) is 0 Å². The summed E-state index contributed by atoms with van der Waals surface area (Å²) >= 11 is 0. The molecule has 4 nitrogen and oxygen atoms in total. The third-order valence-corrected chi connectivity index (χ3v) is 3.85. The van der Waals surface area contributed by atoms with Crippen molar-refractivity contribution < 1.29 is 9.47 Å². The molecule has 110 valence electrons. The highest BCUT2D eigenvalue weighted by Crippen LogP contribution is 2.25. The van der Waals surface area contributed by atoms with Crippen LogP contribution < -0.4 is 0 Å². The molecule has 1 fully saturated rings. The van der Waals surface area contributed by atoms with E-state index in [1.165, 1.54) is 17.5 Å². The molecular formula is C17H20N2O2. The topological polar surface area (TPSA) is 44.2 Å². The Morgan fingerprint density at radius 3 is 3.00 bits per heavy atom. The Hall–Kier alpha value is -1.78. The van der Waals surface area contributed by atoms with Crippen molar-refractivity contribution in [1.82, 2.24) is 9.97 Å². The molecule has 21 heavy (non-hydrogen) atoms. The number of hydrogen-bond acceptors (Lipinski definition) is 4. The van der Waals surface area contributed by atoms with Gasteiger partial charge in [0.05, 0.1) is 18.5 Å². The number of hydrogen-bond donors (Lipinski definition) is 0. The van der Waals surface area contributed by atoms with Gasteiger partial charge >= 0.3 is 0 Å². The summed E-state index contributed by atoms with van der Waals surface area (Å²) in [4.78, 5) is 8.51. The second kappa shape index (κ2) is 6.78. The van der Waals surface area contributed by atoms with Crippen LogP contribution in [0.5, 0.6) is 0 Å². The fourth-order valence-corrected chi connectivity index (χ4v) is 2.58. The number of benzene rings is 1. The second-order valence-corrected chi connectivity index (χ2v) is 5.29. The van der Waals surface area contributed by atoms with Crippen LogP contribution >= 0.6 is 0 Å². The van der Waals surface area contributed by atoms with Crippen LogP contribution in [0.15, 0.2) is 36.8 Å². The number of rotatable bonds is 4. The van der Waals surface area contributed by atoms with Crippen LogP contribution in [-0.2, 0) is 16.1 Å². The zero-order valence-corrected chi connectivity index (χ0v) is 12.3. The van der Waals surface area contributed by atoms with E-state index in [9.17, 15) is 0 Å². The molecule has 1 aromatic carbocycles. The van der Waals surface area contributed by atoms with Gasteiger partial charge in [0.1, 0.15) is 0 Å².